The topological polar surface area (TPSA) is 94.2 Å². The van der Waals surface area contributed by atoms with Crippen molar-refractivity contribution < 1.29 is 17.9 Å². The predicted octanol–water partition coefficient (Wildman–Crippen LogP) is 6.43. The summed E-state index contributed by atoms with van der Waals surface area (Å²) in [7, 11) is -2.38. The molecule has 7 nitrogen and oxygen atoms in total. The number of halogens is 1. The van der Waals surface area contributed by atoms with E-state index in [1.807, 2.05) is 85.8 Å². The molecule has 4 aromatic carbocycles. The minimum Gasteiger partial charge on any atom is -0.488 e. The number of hydrogen-bond acceptors (Lipinski definition) is 6. The first-order chi connectivity index (χ1) is 19.8. The number of sulfonamides is 1. The van der Waals surface area contributed by atoms with Gasteiger partial charge in [-0.3, -0.25) is 0 Å². The van der Waals surface area contributed by atoms with Gasteiger partial charge in [-0.05, 0) is 35.2 Å². The van der Waals surface area contributed by atoms with Crippen LogP contribution in [0.15, 0.2) is 107 Å². The molecule has 0 heterocycles. The molecule has 0 aliphatic rings. The van der Waals surface area contributed by atoms with Gasteiger partial charge in [-0.15, -0.1) is 0 Å². The van der Waals surface area contributed by atoms with E-state index in [0.717, 1.165) is 16.7 Å². The zero-order valence-electron chi connectivity index (χ0n) is 23.2. The van der Waals surface area contributed by atoms with Crippen molar-refractivity contribution in [1.82, 2.24) is 4.31 Å². The Bertz CT molecular complexity index is 1580. The van der Waals surface area contributed by atoms with Crippen LogP contribution in [0.3, 0.4) is 0 Å². The third-order valence-corrected chi connectivity index (χ3v) is 8.78. The monoisotopic (exact) mass is 591 g/mol. The van der Waals surface area contributed by atoms with Crippen LogP contribution in [-0.2, 0) is 29.7 Å². The lowest BCUT2D eigenvalue weighted by Gasteiger charge is -2.22. The SMILES string of the molecule is CCCN(C)S(=O)(=O)c1cc(/C(Cc2ccccc2Cl)=N\N)c(OCc2ccccc2)cc1OCc1ccccc1. The molecule has 4 aromatic rings. The maximum absolute atomic E-state index is 13.8. The van der Waals surface area contributed by atoms with Crippen LogP contribution in [0.1, 0.15) is 35.6 Å². The normalized spacial score (nSPS) is 12.0. The van der Waals surface area contributed by atoms with Crippen LogP contribution in [0.2, 0.25) is 5.02 Å². The van der Waals surface area contributed by atoms with Gasteiger partial charge in [0, 0.05) is 36.7 Å². The lowest BCUT2D eigenvalue weighted by Crippen LogP contribution is -2.28. The molecule has 4 rings (SSSR count). The molecule has 0 aliphatic carbocycles. The lowest BCUT2D eigenvalue weighted by atomic mass is 10.0. The Morgan fingerprint density at radius 2 is 1.41 bits per heavy atom. The molecule has 0 unspecified atom stereocenters. The second-order valence-corrected chi connectivity index (χ2v) is 11.9. The second-order valence-electron chi connectivity index (χ2n) is 9.51. The second kappa shape index (κ2) is 14.2. The first-order valence-electron chi connectivity index (χ1n) is 13.3. The van der Waals surface area contributed by atoms with E-state index in [1.54, 1.807) is 25.2 Å². The highest BCUT2D eigenvalue weighted by Gasteiger charge is 2.28. The van der Waals surface area contributed by atoms with Crippen molar-refractivity contribution in [2.45, 2.75) is 37.9 Å². The zero-order chi connectivity index (χ0) is 29.2. The number of benzene rings is 4. The summed E-state index contributed by atoms with van der Waals surface area (Å²) >= 11 is 6.45. The summed E-state index contributed by atoms with van der Waals surface area (Å²) in [6.45, 7) is 2.70. The highest BCUT2D eigenvalue weighted by molar-refractivity contribution is 7.89. The third kappa shape index (κ3) is 7.67. The molecular formula is C32H34ClN3O4S. The van der Waals surface area contributed by atoms with Crippen molar-refractivity contribution in [3.8, 4) is 11.5 Å². The van der Waals surface area contributed by atoms with Crippen molar-refractivity contribution in [3.05, 3.63) is 124 Å². The molecular weight excluding hydrogens is 558 g/mol. The number of ether oxygens (including phenoxy) is 2. The maximum Gasteiger partial charge on any atom is 0.246 e. The Labute approximate surface area is 247 Å². The summed E-state index contributed by atoms with van der Waals surface area (Å²) in [4.78, 5) is 0.00625. The van der Waals surface area contributed by atoms with E-state index < -0.39 is 10.0 Å². The molecule has 0 aliphatic heterocycles. The lowest BCUT2D eigenvalue weighted by molar-refractivity contribution is 0.283. The molecule has 0 atom stereocenters. The third-order valence-electron chi connectivity index (χ3n) is 6.53. The van der Waals surface area contributed by atoms with Gasteiger partial charge in [0.05, 0.1) is 5.71 Å². The highest BCUT2D eigenvalue weighted by atomic mass is 35.5. The van der Waals surface area contributed by atoms with E-state index in [0.29, 0.717) is 35.0 Å². The Kier molecular flexibility index (Phi) is 10.4. The number of nitrogens with two attached hydrogens (primary N) is 1. The minimum absolute atomic E-state index is 0.00625. The van der Waals surface area contributed by atoms with Gasteiger partial charge >= 0.3 is 0 Å². The number of nitrogens with zero attached hydrogens (tertiary/aromatic N) is 2. The van der Waals surface area contributed by atoms with Crippen LogP contribution in [0.25, 0.3) is 0 Å². The van der Waals surface area contributed by atoms with E-state index in [4.69, 9.17) is 26.9 Å². The average Bonchev–Trinajstić information content (AvgIpc) is 2.99. The molecule has 214 valence electrons. The van der Waals surface area contributed by atoms with Crippen molar-refractivity contribution in [2.75, 3.05) is 13.6 Å². The van der Waals surface area contributed by atoms with Gasteiger partial charge in [0.1, 0.15) is 29.6 Å². The van der Waals surface area contributed by atoms with Crippen molar-refractivity contribution >= 4 is 27.3 Å². The first kappa shape index (κ1) is 30.1. The van der Waals surface area contributed by atoms with Crippen LogP contribution in [-0.4, -0.2) is 32.0 Å². The molecule has 0 fully saturated rings. The maximum atomic E-state index is 13.8. The Morgan fingerprint density at radius 1 is 0.854 bits per heavy atom. The largest absolute Gasteiger partial charge is 0.488 e. The fourth-order valence-corrected chi connectivity index (χ4v) is 5.91. The number of hydrogen-bond donors (Lipinski definition) is 1. The number of hydrazone groups is 1. The molecule has 0 radical (unpaired) electrons. The molecule has 2 N–H and O–H groups in total. The van der Waals surface area contributed by atoms with E-state index in [9.17, 15) is 8.42 Å². The zero-order valence-corrected chi connectivity index (χ0v) is 24.7. The molecule has 0 bridgehead atoms. The van der Waals surface area contributed by atoms with Crippen LogP contribution < -0.4 is 15.3 Å². The van der Waals surface area contributed by atoms with Crippen LogP contribution in [0.4, 0.5) is 0 Å². The Hall–Kier alpha value is -3.85. The van der Waals surface area contributed by atoms with E-state index >= 15 is 0 Å². The fraction of sp³-hybridized carbons (Fsp3) is 0.219. The summed E-state index contributed by atoms with van der Waals surface area (Å²) in [6.07, 6.45) is 0.926. The summed E-state index contributed by atoms with van der Waals surface area (Å²) in [5, 5.41) is 4.62. The van der Waals surface area contributed by atoms with Gasteiger partial charge in [-0.2, -0.15) is 5.10 Å². The van der Waals surface area contributed by atoms with Gasteiger partial charge in [0.15, 0.2) is 0 Å². The molecule has 0 saturated heterocycles. The molecule has 0 amide bonds. The van der Waals surface area contributed by atoms with Crippen molar-refractivity contribution in [1.29, 1.82) is 0 Å². The Balaban J connectivity index is 1.84. The molecule has 0 aromatic heterocycles. The van der Waals surface area contributed by atoms with Crippen LogP contribution >= 0.6 is 11.6 Å². The Morgan fingerprint density at radius 3 is 1.98 bits per heavy atom. The van der Waals surface area contributed by atoms with E-state index in [1.165, 1.54) is 4.31 Å². The summed E-state index contributed by atoms with van der Waals surface area (Å²) < 4.78 is 41.4. The van der Waals surface area contributed by atoms with Gasteiger partial charge in [0.2, 0.25) is 10.0 Å². The summed E-state index contributed by atoms with van der Waals surface area (Å²) in [6, 6.07) is 29.8. The predicted molar refractivity (Wildman–Crippen MR) is 164 cm³/mol. The molecule has 9 heteroatoms. The average molecular weight is 592 g/mol. The van der Waals surface area contributed by atoms with Gasteiger partial charge < -0.3 is 15.3 Å². The summed E-state index contributed by atoms with van der Waals surface area (Å²) in [5.74, 6) is 6.49. The van der Waals surface area contributed by atoms with Crippen molar-refractivity contribution in [3.63, 3.8) is 0 Å². The highest BCUT2D eigenvalue weighted by Crippen LogP contribution is 2.36. The smallest absolute Gasteiger partial charge is 0.246 e. The van der Waals surface area contributed by atoms with Crippen LogP contribution in [0.5, 0.6) is 11.5 Å². The van der Waals surface area contributed by atoms with Gasteiger partial charge in [-0.25, -0.2) is 12.7 Å². The van der Waals surface area contributed by atoms with E-state index in [-0.39, 0.29) is 30.3 Å². The van der Waals surface area contributed by atoms with Crippen molar-refractivity contribution in [2.24, 2.45) is 10.9 Å². The molecule has 0 saturated carbocycles. The number of rotatable bonds is 13. The van der Waals surface area contributed by atoms with Gasteiger partial charge in [0.25, 0.3) is 0 Å². The molecule has 41 heavy (non-hydrogen) atoms. The van der Waals surface area contributed by atoms with E-state index in [2.05, 4.69) is 5.10 Å². The summed E-state index contributed by atoms with van der Waals surface area (Å²) in [5.41, 5.74) is 3.51. The standard InChI is InChI=1S/C32H34ClN3O4S/c1-3-18-36(2)41(37,38)32-20-27(29(35-34)19-26-16-10-11-17-28(26)33)30(39-22-24-12-6-4-7-13-24)21-31(32)40-23-25-14-8-5-9-15-25/h4-17,20-21H,3,18-19,22-23,34H2,1-2H3/b35-29-. The quantitative estimate of drug-likeness (QED) is 0.110. The van der Waals surface area contributed by atoms with Gasteiger partial charge in [-0.1, -0.05) is 97.4 Å². The first-order valence-corrected chi connectivity index (χ1v) is 15.1. The molecule has 0 spiro atoms. The fourth-order valence-electron chi connectivity index (χ4n) is 4.31. The minimum atomic E-state index is -3.93. The van der Waals surface area contributed by atoms with Crippen LogP contribution in [0, 0.1) is 0 Å².